The number of nitrogens with zero attached hydrogens (tertiary/aromatic N) is 2. The van der Waals surface area contributed by atoms with E-state index in [2.05, 4.69) is 42.7 Å². The van der Waals surface area contributed by atoms with Crippen molar-refractivity contribution < 1.29 is 19.1 Å². The highest BCUT2D eigenvalue weighted by Crippen LogP contribution is 2.34. The third-order valence-corrected chi connectivity index (χ3v) is 6.87. The zero-order valence-corrected chi connectivity index (χ0v) is 20.8. The zero-order chi connectivity index (χ0) is 23.8. The van der Waals surface area contributed by atoms with Crippen LogP contribution in [-0.4, -0.2) is 68.2 Å². The van der Waals surface area contributed by atoms with Crippen LogP contribution in [0.5, 0.6) is 5.75 Å². The maximum absolute atomic E-state index is 13.4. The summed E-state index contributed by atoms with van der Waals surface area (Å²) in [6.45, 7) is 8.41. The first-order chi connectivity index (χ1) is 15.9. The number of rotatable bonds is 10. The van der Waals surface area contributed by atoms with Gasteiger partial charge in [-0.1, -0.05) is 26.0 Å². The molecule has 1 aliphatic rings. The van der Waals surface area contributed by atoms with Crippen LogP contribution in [0.4, 0.5) is 4.79 Å². The number of hydrogen-bond acceptors (Lipinski definition) is 5. The van der Waals surface area contributed by atoms with Crippen LogP contribution in [0.3, 0.4) is 0 Å². The van der Waals surface area contributed by atoms with Crippen LogP contribution in [0.25, 0.3) is 0 Å². The van der Waals surface area contributed by atoms with Gasteiger partial charge in [-0.2, -0.15) is 0 Å². The number of methoxy groups -OCH3 is 1. The van der Waals surface area contributed by atoms with Gasteiger partial charge in [0, 0.05) is 31.6 Å². The largest absolute Gasteiger partial charge is 0.491 e. The van der Waals surface area contributed by atoms with Crippen molar-refractivity contribution in [1.29, 1.82) is 0 Å². The number of benzene rings is 1. The molecule has 7 nitrogen and oxygen atoms in total. The Hall–Kier alpha value is -2.58. The number of amides is 3. The quantitative estimate of drug-likeness (QED) is 0.565. The minimum Gasteiger partial charge on any atom is -0.491 e. The Morgan fingerprint density at radius 3 is 2.67 bits per heavy atom. The molecule has 0 saturated heterocycles. The third kappa shape index (κ3) is 6.48. The molecule has 2 heterocycles. The molecule has 0 spiro atoms. The van der Waals surface area contributed by atoms with Crippen molar-refractivity contribution in [2.24, 2.45) is 0 Å². The summed E-state index contributed by atoms with van der Waals surface area (Å²) < 4.78 is 11.3. The summed E-state index contributed by atoms with van der Waals surface area (Å²) in [7, 11) is 1.58. The summed E-state index contributed by atoms with van der Waals surface area (Å²) in [4.78, 5) is 30.5. The monoisotopic (exact) mass is 473 g/mol. The second-order valence-corrected chi connectivity index (χ2v) is 9.44. The minimum absolute atomic E-state index is 0.00818. The average molecular weight is 474 g/mol. The van der Waals surface area contributed by atoms with Gasteiger partial charge in [0.1, 0.15) is 18.9 Å². The zero-order valence-electron chi connectivity index (χ0n) is 20.0. The van der Waals surface area contributed by atoms with Crippen LogP contribution in [-0.2, 0) is 16.0 Å². The number of ether oxygens (including phenoxy) is 2. The molecule has 0 aliphatic carbocycles. The number of thiophene rings is 1. The van der Waals surface area contributed by atoms with E-state index in [1.807, 2.05) is 24.0 Å². The van der Waals surface area contributed by atoms with E-state index in [1.54, 1.807) is 18.4 Å². The molecule has 3 rings (SSSR count). The molecule has 1 aromatic carbocycles. The number of hydrogen-bond donors (Lipinski definition) is 1. The molecule has 0 radical (unpaired) electrons. The summed E-state index contributed by atoms with van der Waals surface area (Å²) >= 11 is 1.72. The summed E-state index contributed by atoms with van der Waals surface area (Å²) in [5.41, 5.74) is 2.40. The molecule has 0 fully saturated rings. The van der Waals surface area contributed by atoms with Crippen LogP contribution in [0.1, 0.15) is 48.7 Å². The van der Waals surface area contributed by atoms with Crippen molar-refractivity contribution in [3.05, 3.63) is 51.7 Å². The highest BCUT2D eigenvalue weighted by Gasteiger charge is 2.33. The summed E-state index contributed by atoms with van der Waals surface area (Å²) in [6.07, 6.45) is 0.817. The summed E-state index contributed by atoms with van der Waals surface area (Å²) in [5.74, 6) is 1.17. The van der Waals surface area contributed by atoms with E-state index in [0.717, 1.165) is 17.7 Å². The van der Waals surface area contributed by atoms with Crippen molar-refractivity contribution in [3.8, 4) is 5.75 Å². The Kier molecular flexibility index (Phi) is 9.14. The lowest BCUT2D eigenvalue weighted by atomic mass is 10.00. The Morgan fingerprint density at radius 1 is 1.24 bits per heavy atom. The first-order valence-corrected chi connectivity index (χ1v) is 12.4. The molecular formula is C25H35N3O4S. The highest BCUT2D eigenvalue weighted by atomic mass is 32.1. The predicted molar refractivity (Wildman–Crippen MR) is 131 cm³/mol. The van der Waals surface area contributed by atoms with Gasteiger partial charge in [-0.15, -0.1) is 11.3 Å². The molecule has 3 amide bonds. The lowest BCUT2D eigenvalue weighted by Crippen LogP contribution is -2.50. The van der Waals surface area contributed by atoms with Gasteiger partial charge in [-0.25, -0.2) is 4.79 Å². The fourth-order valence-electron chi connectivity index (χ4n) is 3.97. The Bertz CT molecular complexity index is 913. The Labute approximate surface area is 200 Å². The fourth-order valence-corrected chi connectivity index (χ4v) is 4.90. The van der Waals surface area contributed by atoms with E-state index in [0.29, 0.717) is 38.8 Å². The van der Waals surface area contributed by atoms with Gasteiger partial charge < -0.3 is 24.6 Å². The van der Waals surface area contributed by atoms with Crippen LogP contribution < -0.4 is 10.1 Å². The van der Waals surface area contributed by atoms with E-state index in [1.165, 1.54) is 15.3 Å². The van der Waals surface area contributed by atoms with Crippen LogP contribution in [0.15, 0.2) is 35.7 Å². The fraction of sp³-hybridized carbons (Fsp3) is 0.520. The molecule has 0 bridgehead atoms. The van der Waals surface area contributed by atoms with E-state index < -0.39 is 0 Å². The molecular weight excluding hydrogens is 438 g/mol. The molecule has 2 aromatic rings. The third-order valence-electron chi connectivity index (χ3n) is 5.88. The van der Waals surface area contributed by atoms with Gasteiger partial charge in [-0.3, -0.25) is 4.79 Å². The molecule has 0 unspecified atom stereocenters. The van der Waals surface area contributed by atoms with Gasteiger partial charge in [-0.05, 0) is 54.0 Å². The van der Waals surface area contributed by atoms with Crippen molar-refractivity contribution in [2.45, 2.75) is 39.2 Å². The number of fused-ring (bicyclic) bond motifs is 1. The van der Waals surface area contributed by atoms with E-state index >= 15 is 0 Å². The van der Waals surface area contributed by atoms with E-state index in [9.17, 15) is 9.59 Å². The van der Waals surface area contributed by atoms with Crippen molar-refractivity contribution in [1.82, 2.24) is 15.1 Å². The molecule has 1 aromatic heterocycles. The van der Waals surface area contributed by atoms with Crippen LogP contribution >= 0.6 is 11.3 Å². The van der Waals surface area contributed by atoms with Gasteiger partial charge >= 0.3 is 6.03 Å². The van der Waals surface area contributed by atoms with E-state index in [-0.39, 0.29) is 24.5 Å². The number of nitrogens with one attached hydrogen (secondary N) is 1. The van der Waals surface area contributed by atoms with Crippen molar-refractivity contribution in [3.63, 3.8) is 0 Å². The van der Waals surface area contributed by atoms with Crippen LogP contribution in [0.2, 0.25) is 0 Å². The number of carbonyl (C=O) groups excluding carboxylic acids is 2. The lowest BCUT2D eigenvalue weighted by molar-refractivity contribution is -0.135. The normalized spacial score (nSPS) is 15.3. The van der Waals surface area contributed by atoms with Gasteiger partial charge in [0.15, 0.2) is 0 Å². The first-order valence-electron chi connectivity index (χ1n) is 11.5. The SMILES string of the molecule is CCNC(=O)N(CCOC)CC(=O)N1CCc2sccc2[C@@H]1COc1ccc(C(C)C)cc1. The van der Waals surface area contributed by atoms with Gasteiger partial charge in [0.2, 0.25) is 5.91 Å². The predicted octanol–water partition coefficient (Wildman–Crippen LogP) is 4.05. The topological polar surface area (TPSA) is 71.1 Å². The van der Waals surface area contributed by atoms with Crippen molar-refractivity contribution >= 4 is 23.3 Å². The average Bonchev–Trinajstić information content (AvgIpc) is 3.29. The molecule has 0 saturated carbocycles. The van der Waals surface area contributed by atoms with E-state index in [4.69, 9.17) is 9.47 Å². The number of carbonyl (C=O) groups is 2. The molecule has 1 atom stereocenters. The number of urea groups is 1. The highest BCUT2D eigenvalue weighted by molar-refractivity contribution is 7.10. The van der Waals surface area contributed by atoms with Crippen molar-refractivity contribution in [2.75, 3.05) is 46.5 Å². The summed E-state index contributed by atoms with van der Waals surface area (Å²) in [6, 6.07) is 9.78. The molecule has 33 heavy (non-hydrogen) atoms. The first kappa shape index (κ1) is 25.1. The second kappa shape index (κ2) is 12.0. The smallest absolute Gasteiger partial charge is 0.317 e. The Balaban J connectivity index is 1.73. The Morgan fingerprint density at radius 2 is 2.00 bits per heavy atom. The maximum Gasteiger partial charge on any atom is 0.317 e. The van der Waals surface area contributed by atoms with Crippen LogP contribution in [0, 0.1) is 0 Å². The molecule has 1 N–H and O–H groups in total. The molecule has 8 heteroatoms. The lowest BCUT2D eigenvalue weighted by Gasteiger charge is -2.37. The molecule has 1 aliphatic heterocycles. The second-order valence-electron chi connectivity index (χ2n) is 8.44. The van der Waals surface area contributed by atoms with Gasteiger partial charge in [0.05, 0.1) is 12.6 Å². The minimum atomic E-state index is -0.255. The standard InChI is InChI=1S/C25H35N3O4S/c1-5-26-25(30)27(13-14-31-4)16-24(29)28-12-10-23-21(11-15-33-23)22(28)17-32-20-8-6-19(7-9-20)18(2)3/h6-9,11,15,18,22H,5,10,12-14,16-17H2,1-4H3,(H,26,30)/t22-/m0/s1. The molecule has 180 valence electrons. The van der Waals surface area contributed by atoms with Gasteiger partial charge in [0.25, 0.3) is 0 Å². The summed E-state index contributed by atoms with van der Waals surface area (Å²) in [5, 5.41) is 4.85. The maximum atomic E-state index is 13.4.